The maximum absolute atomic E-state index is 12.5. The van der Waals surface area contributed by atoms with Gasteiger partial charge in [0, 0.05) is 16.8 Å². The predicted molar refractivity (Wildman–Crippen MR) is 134 cm³/mol. The van der Waals surface area contributed by atoms with Crippen molar-refractivity contribution >= 4 is 50.5 Å². The van der Waals surface area contributed by atoms with E-state index in [1.54, 1.807) is 11.3 Å². The molecule has 0 fully saturated rings. The molecule has 1 heterocycles. The first-order chi connectivity index (χ1) is 14.8. The van der Waals surface area contributed by atoms with Crippen molar-refractivity contribution in [1.82, 2.24) is 10.3 Å². The second-order valence-corrected chi connectivity index (χ2v) is 9.74. The van der Waals surface area contributed by atoms with E-state index in [1.165, 1.54) is 5.56 Å². The van der Waals surface area contributed by atoms with Crippen molar-refractivity contribution in [3.63, 3.8) is 0 Å². The fourth-order valence-corrected chi connectivity index (χ4v) is 4.36. The number of fused-ring (bicyclic) bond motifs is 1. The lowest BCUT2D eigenvalue weighted by atomic mass is 9.87. The Morgan fingerprint density at radius 2 is 1.71 bits per heavy atom. The quantitative estimate of drug-likeness (QED) is 0.359. The molecule has 0 aliphatic carbocycles. The second-order valence-electron chi connectivity index (χ2n) is 8.30. The van der Waals surface area contributed by atoms with Crippen LogP contribution in [0.4, 0.5) is 5.69 Å². The highest BCUT2D eigenvalue weighted by Gasteiger charge is 2.15. The Labute approximate surface area is 191 Å². The molecule has 4 rings (SSSR count). The largest absolute Gasteiger partial charge is 0.332 e. The van der Waals surface area contributed by atoms with E-state index in [0.717, 1.165) is 26.5 Å². The Bertz CT molecular complexity index is 1220. The number of hydrogen-bond donors (Lipinski definition) is 2. The number of thiazole rings is 1. The van der Waals surface area contributed by atoms with Crippen molar-refractivity contribution in [2.24, 2.45) is 0 Å². The van der Waals surface area contributed by atoms with E-state index in [1.807, 2.05) is 66.7 Å². The molecule has 0 saturated heterocycles. The van der Waals surface area contributed by atoms with Gasteiger partial charge in [0.15, 0.2) is 5.11 Å². The Morgan fingerprint density at radius 3 is 2.42 bits per heavy atom. The van der Waals surface area contributed by atoms with Gasteiger partial charge < -0.3 is 5.32 Å². The summed E-state index contributed by atoms with van der Waals surface area (Å²) in [5.74, 6) is -0.236. The molecule has 31 heavy (non-hydrogen) atoms. The van der Waals surface area contributed by atoms with E-state index >= 15 is 0 Å². The standard InChI is InChI=1S/C25H23N3OS2/c1-25(2,3)18-13-11-16(12-14-18)22(29)28-24(30)26-19-8-6-7-17(15-19)23-27-20-9-4-5-10-21(20)31-23/h4-15H,1-3H3,(H2,26,28,29,30). The number of para-hydroxylation sites is 1. The maximum atomic E-state index is 12.5. The summed E-state index contributed by atoms with van der Waals surface area (Å²) in [7, 11) is 0. The number of benzene rings is 3. The zero-order chi connectivity index (χ0) is 22.0. The van der Waals surface area contributed by atoms with Crippen LogP contribution in [0.3, 0.4) is 0 Å². The highest BCUT2D eigenvalue weighted by Crippen LogP contribution is 2.31. The average Bonchev–Trinajstić information content (AvgIpc) is 3.18. The summed E-state index contributed by atoms with van der Waals surface area (Å²) in [4.78, 5) is 17.3. The zero-order valence-electron chi connectivity index (χ0n) is 17.6. The number of rotatable bonds is 3. The number of anilines is 1. The number of aromatic nitrogens is 1. The first-order valence-electron chi connectivity index (χ1n) is 9.98. The van der Waals surface area contributed by atoms with E-state index in [0.29, 0.717) is 5.56 Å². The molecule has 6 heteroatoms. The molecule has 1 amide bonds. The molecular formula is C25H23N3OS2. The monoisotopic (exact) mass is 445 g/mol. The molecule has 4 nitrogen and oxygen atoms in total. The van der Waals surface area contributed by atoms with E-state index < -0.39 is 0 Å². The minimum Gasteiger partial charge on any atom is -0.332 e. The fourth-order valence-electron chi connectivity index (χ4n) is 3.18. The molecule has 0 saturated carbocycles. The van der Waals surface area contributed by atoms with Crippen LogP contribution in [-0.2, 0) is 5.41 Å². The van der Waals surface area contributed by atoms with Crippen molar-refractivity contribution in [1.29, 1.82) is 0 Å². The molecule has 0 bridgehead atoms. The third-order valence-electron chi connectivity index (χ3n) is 4.90. The maximum Gasteiger partial charge on any atom is 0.257 e. The van der Waals surface area contributed by atoms with E-state index in [9.17, 15) is 4.79 Å². The molecule has 4 aromatic rings. The van der Waals surface area contributed by atoms with Gasteiger partial charge in [-0.3, -0.25) is 10.1 Å². The van der Waals surface area contributed by atoms with E-state index in [4.69, 9.17) is 17.2 Å². The topological polar surface area (TPSA) is 54.0 Å². The number of carbonyl (C=O) groups is 1. The Kier molecular flexibility index (Phi) is 5.85. The van der Waals surface area contributed by atoms with Gasteiger partial charge in [0.25, 0.3) is 5.91 Å². The van der Waals surface area contributed by atoms with Gasteiger partial charge in [-0.15, -0.1) is 11.3 Å². The first-order valence-corrected chi connectivity index (χ1v) is 11.2. The normalized spacial score (nSPS) is 11.3. The lowest BCUT2D eigenvalue weighted by Gasteiger charge is -2.19. The van der Waals surface area contributed by atoms with Crippen LogP contribution in [0.2, 0.25) is 0 Å². The highest BCUT2D eigenvalue weighted by molar-refractivity contribution is 7.80. The van der Waals surface area contributed by atoms with Gasteiger partial charge in [-0.05, 0) is 59.6 Å². The lowest BCUT2D eigenvalue weighted by molar-refractivity contribution is 0.0977. The van der Waals surface area contributed by atoms with Crippen LogP contribution in [-0.4, -0.2) is 16.0 Å². The number of carbonyl (C=O) groups excluding carboxylic acids is 1. The minimum atomic E-state index is -0.236. The summed E-state index contributed by atoms with van der Waals surface area (Å²) in [6.07, 6.45) is 0. The summed E-state index contributed by atoms with van der Waals surface area (Å²) in [5, 5.41) is 7.05. The molecule has 1 aromatic heterocycles. The van der Waals surface area contributed by atoms with Gasteiger partial charge in [-0.1, -0.05) is 57.2 Å². The van der Waals surface area contributed by atoms with Gasteiger partial charge in [0.05, 0.1) is 10.2 Å². The van der Waals surface area contributed by atoms with Crippen LogP contribution >= 0.6 is 23.6 Å². The number of nitrogens with zero attached hydrogens (tertiary/aromatic N) is 1. The van der Waals surface area contributed by atoms with Gasteiger partial charge in [-0.2, -0.15) is 0 Å². The van der Waals surface area contributed by atoms with Crippen LogP contribution in [0, 0.1) is 0 Å². The van der Waals surface area contributed by atoms with Crippen molar-refractivity contribution < 1.29 is 4.79 Å². The van der Waals surface area contributed by atoms with Crippen molar-refractivity contribution in [3.8, 4) is 10.6 Å². The number of nitrogens with one attached hydrogen (secondary N) is 2. The summed E-state index contributed by atoms with van der Waals surface area (Å²) < 4.78 is 1.15. The smallest absolute Gasteiger partial charge is 0.257 e. The molecule has 2 N–H and O–H groups in total. The summed E-state index contributed by atoms with van der Waals surface area (Å²) in [6, 6.07) is 23.5. The SMILES string of the molecule is CC(C)(C)c1ccc(C(=O)NC(=S)Nc2cccc(-c3nc4ccccc4s3)c2)cc1. The van der Waals surface area contributed by atoms with Crippen molar-refractivity contribution in [2.45, 2.75) is 26.2 Å². The lowest BCUT2D eigenvalue weighted by Crippen LogP contribution is -2.34. The van der Waals surface area contributed by atoms with E-state index in [-0.39, 0.29) is 16.4 Å². The predicted octanol–water partition coefficient (Wildman–Crippen LogP) is 6.39. The Balaban J connectivity index is 1.44. The minimum absolute atomic E-state index is 0.0418. The molecule has 0 atom stereocenters. The Hall–Kier alpha value is -3.09. The van der Waals surface area contributed by atoms with Crippen LogP contribution in [0.25, 0.3) is 20.8 Å². The van der Waals surface area contributed by atoms with Crippen molar-refractivity contribution in [3.05, 3.63) is 83.9 Å². The van der Waals surface area contributed by atoms with Gasteiger partial charge in [0.1, 0.15) is 5.01 Å². The summed E-state index contributed by atoms with van der Waals surface area (Å²) in [5.41, 5.74) is 4.57. The van der Waals surface area contributed by atoms with Crippen molar-refractivity contribution in [2.75, 3.05) is 5.32 Å². The number of hydrogen-bond acceptors (Lipinski definition) is 4. The van der Waals surface area contributed by atoms with Gasteiger partial charge in [-0.25, -0.2) is 4.98 Å². The van der Waals surface area contributed by atoms with Crippen LogP contribution in [0.1, 0.15) is 36.7 Å². The first kappa shape index (κ1) is 21.2. The third kappa shape index (κ3) is 4.98. The fraction of sp³-hybridized carbons (Fsp3) is 0.160. The molecule has 0 unspecified atom stereocenters. The Morgan fingerprint density at radius 1 is 0.968 bits per heavy atom. The molecule has 3 aromatic carbocycles. The molecule has 0 spiro atoms. The highest BCUT2D eigenvalue weighted by atomic mass is 32.1. The summed E-state index contributed by atoms with van der Waals surface area (Å²) in [6.45, 7) is 6.43. The third-order valence-corrected chi connectivity index (χ3v) is 6.19. The van der Waals surface area contributed by atoms with E-state index in [2.05, 4.69) is 37.5 Å². The zero-order valence-corrected chi connectivity index (χ0v) is 19.2. The average molecular weight is 446 g/mol. The summed E-state index contributed by atoms with van der Waals surface area (Å²) >= 11 is 7.00. The van der Waals surface area contributed by atoms with Crippen LogP contribution in [0.5, 0.6) is 0 Å². The second kappa shape index (κ2) is 8.57. The van der Waals surface area contributed by atoms with Crippen LogP contribution in [0.15, 0.2) is 72.8 Å². The van der Waals surface area contributed by atoms with Gasteiger partial charge in [0.2, 0.25) is 0 Å². The molecule has 0 aliphatic rings. The number of amides is 1. The van der Waals surface area contributed by atoms with Gasteiger partial charge >= 0.3 is 0 Å². The number of thiocarbonyl (C=S) groups is 1. The molecule has 0 radical (unpaired) electrons. The molecular weight excluding hydrogens is 422 g/mol. The van der Waals surface area contributed by atoms with Crippen LogP contribution < -0.4 is 10.6 Å². The molecule has 0 aliphatic heterocycles. The molecule has 156 valence electrons.